The lowest BCUT2D eigenvalue weighted by Crippen LogP contribution is -2.15. The van der Waals surface area contributed by atoms with Gasteiger partial charge in [-0.05, 0) is 24.3 Å². The molecule has 0 aliphatic carbocycles. The van der Waals surface area contributed by atoms with E-state index in [2.05, 4.69) is 0 Å². The Morgan fingerprint density at radius 2 is 2.00 bits per heavy atom. The monoisotopic (exact) mass is 260 g/mol. The third-order valence-corrected chi connectivity index (χ3v) is 3.43. The Morgan fingerprint density at radius 3 is 2.56 bits per heavy atom. The van der Waals surface area contributed by atoms with E-state index in [1.54, 1.807) is 24.3 Å². The van der Waals surface area contributed by atoms with E-state index >= 15 is 0 Å². The Bertz CT molecular complexity index is 375. The van der Waals surface area contributed by atoms with Crippen molar-refractivity contribution in [3.63, 3.8) is 0 Å². The summed E-state index contributed by atoms with van der Waals surface area (Å²) in [6.45, 7) is 0.403. The molecule has 0 aliphatic rings. The summed E-state index contributed by atoms with van der Waals surface area (Å²) in [6.07, 6.45) is 0. The number of methoxy groups -OCH3 is 1. The van der Waals surface area contributed by atoms with Crippen LogP contribution in [0.5, 0.6) is 0 Å². The number of benzene rings is 1. The van der Waals surface area contributed by atoms with E-state index in [0.29, 0.717) is 22.9 Å². The van der Waals surface area contributed by atoms with Gasteiger partial charge in [-0.2, -0.15) is 0 Å². The molecule has 1 unspecified atom stereocenters. The lowest BCUT2D eigenvalue weighted by molar-refractivity contribution is 0.102. The Hall–Kier alpha value is -0.710. The Balaban J connectivity index is 2.52. The molecular weight excluding hydrogens is 248 g/mol. The number of Topliss-reactive ketones (excluding diaryl/α,β-unsaturated/α-hetero) is 1. The zero-order valence-electron chi connectivity index (χ0n) is 8.94. The van der Waals surface area contributed by atoms with Gasteiger partial charge in [-0.25, -0.2) is 0 Å². The van der Waals surface area contributed by atoms with E-state index in [-0.39, 0.29) is 11.5 Å². The third-order valence-electron chi connectivity index (χ3n) is 1.97. The third kappa shape index (κ3) is 4.43. The van der Waals surface area contributed by atoms with Gasteiger partial charge in [-0.3, -0.25) is 9.00 Å². The highest BCUT2D eigenvalue weighted by Gasteiger charge is 2.10. The van der Waals surface area contributed by atoms with Crippen molar-refractivity contribution in [2.45, 2.75) is 0 Å². The van der Waals surface area contributed by atoms with Gasteiger partial charge in [0.15, 0.2) is 5.78 Å². The molecule has 0 radical (unpaired) electrons. The summed E-state index contributed by atoms with van der Waals surface area (Å²) in [5.74, 6) is 0.284. The standard InChI is InChI=1S/C11H13ClO3S/c1-15-6-7-16(14)8-11(13)9-2-4-10(12)5-3-9/h2-5H,6-8H2,1H3. The van der Waals surface area contributed by atoms with Crippen molar-refractivity contribution in [2.24, 2.45) is 0 Å². The molecule has 0 saturated heterocycles. The zero-order chi connectivity index (χ0) is 12.0. The highest BCUT2D eigenvalue weighted by atomic mass is 35.5. The van der Waals surface area contributed by atoms with E-state index in [1.807, 2.05) is 0 Å². The van der Waals surface area contributed by atoms with Crippen LogP contribution in [0.4, 0.5) is 0 Å². The van der Waals surface area contributed by atoms with Crippen LogP contribution in [0.25, 0.3) is 0 Å². The van der Waals surface area contributed by atoms with Crippen LogP contribution in [0.3, 0.4) is 0 Å². The molecule has 88 valence electrons. The smallest absolute Gasteiger partial charge is 0.175 e. The fourth-order valence-corrected chi connectivity index (χ4v) is 2.20. The van der Waals surface area contributed by atoms with E-state index < -0.39 is 10.8 Å². The summed E-state index contributed by atoms with van der Waals surface area (Å²) in [5, 5.41) is 0.581. The highest BCUT2D eigenvalue weighted by molar-refractivity contribution is 7.85. The largest absolute Gasteiger partial charge is 0.384 e. The van der Waals surface area contributed by atoms with Gasteiger partial charge in [0.25, 0.3) is 0 Å². The van der Waals surface area contributed by atoms with Crippen molar-refractivity contribution >= 4 is 28.2 Å². The van der Waals surface area contributed by atoms with Gasteiger partial charge < -0.3 is 4.74 Å². The van der Waals surface area contributed by atoms with Crippen LogP contribution < -0.4 is 0 Å². The second-order valence-corrected chi connectivity index (χ2v) is 5.22. The van der Waals surface area contributed by atoms with Crippen molar-refractivity contribution in [3.8, 4) is 0 Å². The fraction of sp³-hybridized carbons (Fsp3) is 0.364. The summed E-state index contributed by atoms with van der Waals surface area (Å²) < 4.78 is 16.2. The molecule has 0 amide bonds. The van der Waals surface area contributed by atoms with Crippen LogP contribution in [-0.4, -0.2) is 35.2 Å². The number of halogens is 1. The van der Waals surface area contributed by atoms with Gasteiger partial charge >= 0.3 is 0 Å². The Kier molecular flexibility index (Phi) is 5.66. The zero-order valence-corrected chi connectivity index (χ0v) is 10.5. The van der Waals surface area contributed by atoms with Crippen LogP contribution in [-0.2, 0) is 15.5 Å². The molecule has 0 spiro atoms. The molecule has 0 bridgehead atoms. The van der Waals surface area contributed by atoms with Crippen LogP contribution in [0.15, 0.2) is 24.3 Å². The molecule has 5 heteroatoms. The molecule has 3 nitrogen and oxygen atoms in total. The molecule has 0 aliphatic heterocycles. The minimum Gasteiger partial charge on any atom is -0.384 e. The molecule has 0 N–H and O–H groups in total. The van der Waals surface area contributed by atoms with Gasteiger partial charge in [0.2, 0.25) is 0 Å². The number of hydrogen-bond donors (Lipinski definition) is 0. The minimum atomic E-state index is -1.16. The first-order valence-electron chi connectivity index (χ1n) is 4.76. The molecule has 1 atom stereocenters. The Labute approximate surface area is 102 Å². The number of ether oxygens (including phenoxy) is 1. The molecule has 1 rings (SSSR count). The number of carbonyl (C=O) groups excluding carboxylic acids is 1. The summed E-state index contributed by atoms with van der Waals surface area (Å²) >= 11 is 5.70. The number of carbonyl (C=O) groups is 1. The van der Waals surface area contributed by atoms with E-state index in [0.717, 1.165) is 0 Å². The topological polar surface area (TPSA) is 43.4 Å². The van der Waals surface area contributed by atoms with Crippen LogP contribution in [0, 0.1) is 0 Å². The van der Waals surface area contributed by atoms with Crippen molar-refractivity contribution < 1.29 is 13.7 Å². The summed E-state index contributed by atoms with van der Waals surface area (Å²) in [4.78, 5) is 11.7. The lowest BCUT2D eigenvalue weighted by atomic mass is 10.1. The van der Waals surface area contributed by atoms with Crippen LogP contribution >= 0.6 is 11.6 Å². The molecule has 0 saturated carbocycles. The quantitative estimate of drug-likeness (QED) is 0.734. The van der Waals surface area contributed by atoms with Gasteiger partial charge in [0.05, 0.1) is 12.4 Å². The van der Waals surface area contributed by atoms with Gasteiger partial charge in [0, 0.05) is 34.2 Å². The fourth-order valence-electron chi connectivity index (χ4n) is 1.11. The molecular formula is C11H13ClO3S. The normalized spacial score (nSPS) is 12.4. The molecule has 1 aromatic rings. The van der Waals surface area contributed by atoms with Crippen molar-refractivity contribution in [3.05, 3.63) is 34.9 Å². The maximum absolute atomic E-state index is 11.7. The van der Waals surface area contributed by atoms with Gasteiger partial charge in [-0.15, -0.1) is 0 Å². The maximum Gasteiger partial charge on any atom is 0.175 e. The number of hydrogen-bond acceptors (Lipinski definition) is 3. The van der Waals surface area contributed by atoms with Crippen molar-refractivity contribution in [1.82, 2.24) is 0 Å². The van der Waals surface area contributed by atoms with Crippen molar-refractivity contribution in [1.29, 1.82) is 0 Å². The van der Waals surface area contributed by atoms with Crippen molar-refractivity contribution in [2.75, 3.05) is 25.2 Å². The molecule has 16 heavy (non-hydrogen) atoms. The van der Waals surface area contributed by atoms with Gasteiger partial charge in [-0.1, -0.05) is 11.6 Å². The van der Waals surface area contributed by atoms with E-state index in [4.69, 9.17) is 16.3 Å². The number of ketones is 1. The molecule has 0 aromatic heterocycles. The van der Waals surface area contributed by atoms with Crippen LogP contribution in [0.1, 0.15) is 10.4 Å². The predicted octanol–water partition coefficient (Wildman–Crippen LogP) is 1.92. The highest BCUT2D eigenvalue weighted by Crippen LogP contribution is 2.10. The summed E-state index contributed by atoms with van der Waals surface area (Å²) in [5.41, 5.74) is 0.537. The maximum atomic E-state index is 11.7. The lowest BCUT2D eigenvalue weighted by Gasteiger charge is -2.01. The average Bonchev–Trinajstić information content (AvgIpc) is 2.27. The predicted molar refractivity (Wildman–Crippen MR) is 65.5 cm³/mol. The first-order valence-corrected chi connectivity index (χ1v) is 6.62. The summed E-state index contributed by atoms with van der Waals surface area (Å²) in [7, 11) is 0.377. The van der Waals surface area contributed by atoms with E-state index in [9.17, 15) is 9.00 Å². The first kappa shape index (κ1) is 13.4. The molecule has 1 aromatic carbocycles. The number of rotatable bonds is 6. The van der Waals surface area contributed by atoms with Gasteiger partial charge in [0.1, 0.15) is 0 Å². The van der Waals surface area contributed by atoms with E-state index in [1.165, 1.54) is 7.11 Å². The van der Waals surface area contributed by atoms with Crippen LogP contribution in [0.2, 0.25) is 5.02 Å². The second kappa shape index (κ2) is 6.78. The SMILES string of the molecule is COCCS(=O)CC(=O)c1ccc(Cl)cc1. The summed E-state index contributed by atoms with van der Waals surface area (Å²) in [6, 6.07) is 6.57. The molecule has 0 heterocycles. The Morgan fingerprint density at radius 1 is 1.38 bits per heavy atom. The second-order valence-electron chi connectivity index (χ2n) is 3.21. The molecule has 0 fully saturated rings. The average molecular weight is 261 g/mol. The minimum absolute atomic E-state index is 0.0327. The first-order chi connectivity index (χ1) is 7.63.